The predicted octanol–water partition coefficient (Wildman–Crippen LogP) is 1.42. The van der Waals surface area contributed by atoms with Gasteiger partial charge in [-0.1, -0.05) is 18.2 Å². The molecule has 0 spiro atoms. The molecule has 25 heavy (non-hydrogen) atoms. The number of aromatic amines is 1. The summed E-state index contributed by atoms with van der Waals surface area (Å²) in [6.45, 7) is 1.26. The van der Waals surface area contributed by atoms with Crippen LogP contribution in [0.25, 0.3) is 10.9 Å². The molecule has 1 saturated heterocycles. The van der Waals surface area contributed by atoms with Gasteiger partial charge < -0.3 is 15.2 Å². The highest BCUT2D eigenvalue weighted by molar-refractivity contribution is 5.96. The maximum Gasteiger partial charge on any atom is 0.272 e. The van der Waals surface area contributed by atoms with Crippen molar-refractivity contribution >= 4 is 22.7 Å². The molecule has 128 valence electrons. The minimum Gasteiger partial charge on any atom is -0.354 e. The highest BCUT2D eigenvalue weighted by atomic mass is 16.2. The van der Waals surface area contributed by atoms with Crippen LogP contribution in [0.5, 0.6) is 0 Å². The molecule has 0 saturated carbocycles. The fourth-order valence-electron chi connectivity index (χ4n) is 3.16. The minimum atomic E-state index is -0.477. The zero-order valence-corrected chi connectivity index (χ0v) is 13.7. The van der Waals surface area contributed by atoms with Crippen LogP contribution in [0.2, 0.25) is 0 Å². The zero-order valence-electron chi connectivity index (χ0n) is 13.7. The number of nitrogens with one attached hydrogen (secondary N) is 3. The van der Waals surface area contributed by atoms with E-state index in [0.717, 1.165) is 17.6 Å². The van der Waals surface area contributed by atoms with Crippen molar-refractivity contribution in [2.75, 3.05) is 6.54 Å². The lowest BCUT2D eigenvalue weighted by atomic mass is 10.1. The van der Waals surface area contributed by atoms with E-state index in [0.29, 0.717) is 25.2 Å². The van der Waals surface area contributed by atoms with Crippen LogP contribution in [-0.4, -0.2) is 39.2 Å². The molecule has 2 amide bonds. The number of rotatable bonds is 4. The summed E-state index contributed by atoms with van der Waals surface area (Å²) in [5.74, 6) is -0.462. The molecular formula is C18H19N5O2. The number of hydrogen-bond donors (Lipinski definition) is 3. The summed E-state index contributed by atoms with van der Waals surface area (Å²) >= 11 is 0. The SMILES string of the molecule is O=C(NC1CCCNC1=O)c1cc(Cn2ccc3ccccc32)[nH]n1. The maximum absolute atomic E-state index is 12.3. The number of carbonyl (C=O) groups is 2. The van der Waals surface area contributed by atoms with Crippen molar-refractivity contribution in [2.45, 2.75) is 25.4 Å². The van der Waals surface area contributed by atoms with Gasteiger partial charge in [-0.15, -0.1) is 0 Å². The lowest BCUT2D eigenvalue weighted by Gasteiger charge is -2.22. The van der Waals surface area contributed by atoms with E-state index >= 15 is 0 Å². The summed E-state index contributed by atoms with van der Waals surface area (Å²) in [6, 6.07) is 11.4. The second-order valence-electron chi connectivity index (χ2n) is 6.24. The van der Waals surface area contributed by atoms with E-state index in [9.17, 15) is 9.59 Å². The van der Waals surface area contributed by atoms with Crippen LogP contribution in [0, 0.1) is 0 Å². The number of H-pyrrole nitrogens is 1. The van der Waals surface area contributed by atoms with Gasteiger partial charge in [0.2, 0.25) is 5.91 Å². The molecule has 1 fully saturated rings. The summed E-state index contributed by atoms with van der Waals surface area (Å²) < 4.78 is 2.10. The first-order valence-corrected chi connectivity index (χ1v) is 8.37. The number of fused-ring (bicyclic) bond motifs is 1. The van der Waals surface area contributed by atoms with Crippen molar-refractivity contribution in [1.82, 2.24) is 25.4 Å². The second-order valence-corrected chi connectivity index (χ2v) is 6.24. The molecule has 3 aromatic rings. The van der Waals surface area contributed by atoms with Crippen LogP contribution >= 0.6 is 0 Å². The number of nitrogens with zero attached hydrogens (tertiary/aromatic N) is 2. The van der Waals surface area contributed by atoms with Crippen molar-refractivity contribution in [1.29, 1.82) is 0 Å². The first-order chi connectivity index (χ1) is 12.2. The van der Waals surface area contributed by atoms with Gasteiger partial charge in [-0.05, 0) is 36.4 Å². The normalized spacial score (nSPS) is 17.4. The van der Waals surface area contributed by atoms with E-state index in [2.05, 4.69) is 43.6 Å². The van der Waals surface area contributed by atoms with Gasteiger partial charge in [0.1, 0.15) is 11.7 Å². The third kappa shape index (κ3) is 3.13. The molecule has 4 rings (SSSR count). The smallest absolute Gasteiger partial charge is 0.272 e. The van der Waals surface area contributed by atoms with Crippen molar-refractivity contribution in [2.24, 2.45) is 0 Å². The van der Waals surface area contributed by atoms with Gasteiger partial charge in [0.05, 0.1) is 12.2 Å². The van der Waals surface area contributed by atoms with Gasteiger partial charge >= 0.3 is 0 Å². The van der Waals surface area contributed by atoms with E-state index in [1.54, 1.807) is 6.07 Å². The van der Waals surface area contributed by atoms with Crippen molar-refractivity contribution < 1.29 is 9.59 Å². The average molecular weight is 337 g/mol. The van der Waals surface area contributed by atoms with Gasteiger partial charge in [0.15, 0.2) is 0 Å². The van der Waals surface area contributed by atoms with Gasteiger partial charge in [0, 0.05) is 18.3 Å². The lowest BCUT2D eigenvalue weighted by molar-refractivity contribution is -0.124. The third-order valence-corrected chi connectivity index (χ3v) is 4.48. The number of carbonyl (C=O) groups excluding carboxylic acids is 2. The fraction of sp³-hybridized carbons (Fsp3) is 0.278. The predicted molar refractivity (Wildman–Crippen MR) is 93.1 cm³/mol. The molecule has 1 aliphatic rings. The molecule has 3 heterocycles. The Hall–Kier alpha value is -3.09. The molecule has 1 atom stereocenters. The van der Waals surface area contributed by atoms with E-state index in [1.807, 2.05) is 18.3 Å². The largest absolute Gasteiger partial charge is 0.354 e. The Kier molecular flexibility index (Phi) is 3.97. The molecule has 1 aliphatic heterocycles. The summed E-state index contributed by atoms with van der Waals surface area (Å²) in [5.41, 5.74) is 2.26. The van der Waals surface area contributed by atoms with Crippen LogP contribution in [0.1, 0.15) is 29.0 Å². The highest BCUT2D eigenvalue weighted by Gasteiger charge is 2.24. The van der Waals surface area contributed by atoms with Crippen molar-refractivity contribution in [3.63, 3.8) is 0 Å². The highest BCUT2D eigenvalue weighted by Crippen LogP contribution is 2.16. The standard InChI is InChI=1S/C18H19N5O2/c24-17-14(5-3-8-19-17)20-18(25)15-10-13(21-22-15)11-23-9-7-12-4-1-2-6-16(12)23/h1-2,4,6-7,9-10,14H,3,5,8,11H2,(H,19,24)(H,20,25)(H,21,22). The molecule has 1 unspecified atom stereocenters. The monoisotopic (exact) mass is 337 g/mol. The van der Waals surface area contributed by atoms with E-state index in [1.165, 1.54) is 5.39 Å². The minimum absolute atomic E-state index is 0.130. The second kappa shape index (κ2) is 6.43. The number of para-hydroxylation sites is 1. The van der Waals surface area contributed by atoms with Gasteiger partial charge in [-0.2, -0.15) is 5.10 Å². The first kappa shape index (κ1) is 15.4. The summed E-state index contributed by atoms with van der Waals surface area (Å²) in [6.07, 6.45) is 3.53. The number of amides is 2. The first-order valence-electron chi connectivity index (χ1n) is 8.37. The fourth-order valence-corrected chi connectivity index (χ4v) is 3.16. The molecule has 0 radical (unpaired) electrons. The van der Waals surface area contributed by atoms with Crippen LogP contribution < -0.4 is 10.6 Å². The Morgan fingerprint density at radius 1 is 1.32 bits per heavy atom. The molecule has 7 nitrogen and oxygen atoms in total. The van der Waals surface area contributed by atoms with Crippen LogP contribution in [-0.2, 0) is 11.3 Å². The van der Waals surface area contributed by atoms with E-state index in [-0.39, 0.29) is 11.8 Å². The Balaban J connectivity index is 1.46. The van der Waals surface area contributed by atoms with Crippen LogP contribution in [0.15, 0.2) is 42.6 Å². The van der Waals surface area contributed by atoms with Crippen LogP contribution in [0.4, 0.5) is 0 Å². The quantitative estimate of drug-likeness (QED) is 0.672. The van der Waals surface area contributed by atoms with Gasteiger partial charge in [-0.3, -0.25) is 14.7 Å². The lowest BCUT2D eigenvalue weighted by Crippen LogP contribution is -2.50. The van der Waals surface area contributed by atoms with E-state index in [4.69, 9.17) is 0 Å². The van der Waals surface area contributed by atoms with Crippen molar-refractivity contribution in [3.8, 4) is 0 Å². The number of hydrogen-bond acceptors (Lipinski definition) is 3. The summed E-state index contributed by atoms with van der Waals surface area (Å²) in [7, 11) is 0. The van der Waals surface area contributed by atoms with Gasteiger partial charge in [0.25, 0.3) is 5.91 Å². The third-order valence-electron chi connectivity index (χ3n) is 4.48. The van der Waals surface area contributed by atoms with Crippen molar-refractivity contribution in [3.05, 3.63) is 54.0 Å². The Labute approximate surface area is 144 Å². The summed E-state index contributed by atoms with van der Waals surface area (Å²) in [5, 5.41) is 13.7. The average Bonchev–Trinajstić information content (AvgIpc) is 3.25. The molecule has 3 N–H and O–H groups in total. The Bertz CT molecular complexity index is 926. The number of benzene rings is 1. The molecular weight excluding hydrogens is 318 g/mol. The topological polar surface area (TPSA) is 91.8 Å². The maximum atomic E-state index is 12.3. The van der Waals surface area contributed by atoms with Gasteiger partial charge in [-0.25, -0.2) is 0 Å². The Morgan fingerprint density at radius 2 is 2.20 bits per heavy atom. The molecule has 2 aromatic heterocycles. The zero-order chi connectivity index (χ0) is 17.2. The van der Waals surface area contributed by atoms with Crippen LogP contribution in [0.3, 0.4) is 0 Å². The molecule has 0 aliphatic carbocycles. The molecule has 7 heteroatoms. The number of piperidine rings is 1. The molecule has 0 bridgehead atoms. The number of aromatic nitrogens is 3. The van der Waals surface area contributed by atoms with E-state index < -0.39 is 6.04 Å². The molecule has 1 aromatic carbocycles. The Morgan fingerprint density at radius 3 is 3.08 bits per heavy atom. The summed E-state index contributed by atoms with van der Waals surface area (Å²) in [4.78, 5) is 24.1.